The largest absolute Gasteiger partial charge is 0.466 e. The van der Waals surface area contributed by atoms with E-state index >= 15 is 0 Å². The fourth-order valence-corrected chi connectivity index (χ4v) is 4.01. The topological polar surface area (TPSA) is 84.4 Å². The van der Waals surface area contributed by atoms with E-state index in [9.17, 15) is 9.59 Å². The predicted molar refractivity (Wildman–Crippen MR) is 111 cm³/mol. The molecular weight excluding hydrogens is 368 g/mol. The molecular formula is C22H26N4O3. The van der Waals surface area contributed by atoms with Crippen LogP contribution < -0.4 is 10.2 Å². The number of ether oxygens (including phenoxy) is 1. The number of esters is 1. The number of para-hydroxylation sites is 1. The van der Waals surface area contributed by atoms with Crippen LogP contribution in [0.3, 0.4) is 0 Å². The van der Waals surface area contributed by atoms with Crippen molar-refractivity contribution in [2.24, 2.45) is 5.92 Å². The third-order valence-electron chi connectivity index (χ3n) is 5.43. The zero-order chi connectivity index (χ0) is 20.2. The van der Waals surface area contributed by atoms with E-state index in [4.69, 9.17) is 14.7 Å². The van der Waals surface area contributed by atoms with Crippen molar-refractivity contribution in [3.05, 3.63) is 41.6 Å². The first kappa shape index (κ1) is 19.4. The second-order valence-corrected chi connectivity index (χ2v) is 7.50. The highest BCUT2D eigenvalue weighted by molar-refractivity contribution is 6.03. The quantitative estimate of drug-likeness (QED) is 0.777. The smallest absolute Gasteiger partial charge is 0.310 e. The molecule has 1 aromatic heterocycles. The Morgan fingerprint density at radius 3 is 2.83 bits per heavy atom. The number of nitrogens with one attached hydrogen (secondary N) is 1. The van der Waals surface area contributed by atoms with E-state index in [2.05, 4.69) is 5.32 Å². The molecule has 0 bridgehead atoms. The Kier molecular flexibility index (Phi) is 5.74. The highest BCUT2D eigenvalue weighted by Gasteiger charge is 2.31. The van der Waals surface area contributed by atoms with E-state index in [-0.39, 0.29) is 17.7 Å². The number of Topliss-reactive ketones (excluding diaryl/α,β-unsaturated/α-hetero) is 1. The summed E-state index contributed by atoms with van der Waals surface area (Å²) in [5, 5.41) is 3.31. The highest BCUT2D eigenvalue weighted by Crippen LogP contribution is 2.31. The van der Waals surface area contributed by atoms with Crippen molar-refractivity contribution in [2.75, 3.05) is 29.9 Å². The van der Waals surface area contributed by atoms with Gasteiger partial charge >= 0.3 is 5.97 Å². The van der Waals surface area contributed by atoms with Gasteiger partial charge in [0, 0.05) is 25.2 Å². The van der Waals surface area contributed by atoms with Crippen LogP contribution in [0.2, 0.25) is 0 Å². The molecule has 1 aliphatic carbocycles. The molecule has 0 radical (unpaired) electrons. The molecule has 1 aliphatic heterocycles. The summed E-state index contributed by atoms with van der Waals surface area (Å²) >= 11 is 0. The first-order valence-electron chi connectivity index (χ1n) is 10.3. The molecule has 7 nitrogen and oxygen atoms in total. The Morgan fingerprint density at radius 2 is 2.03 bits per heavy atom. The minimum Gasteiger partial charge on any atom is -0.466 e. The maximum atomic E-state index is 12.6. The van der Waals surface area contributed by atoms with Crippen molar-refractivity contribution in [1.82, 2.24) is 9.97 Å². The van der Waals surface area contributed by atoms with E-state index in [0.29, 0.717) is 36.9 Å². The van der Waals surface area contributed by atoms with Crippen molar-refractivity contribution in [1.29, 1.82) is 0 Å². The summed E-state index contributed by atoms with van der Waals surface area (Å²) in [5.74, 6) is 0.882. The third kappa shape index (κ3) is 4.23. The van der Waals surface area contributed by atoms with Gasteiger partial charge in [-0.25, -0.2) is 4.98 Å². The molecule has 0 amide bonds. The predicted octanol–water partition coefficient (Wildman–Crippen LogP) is 3.52. The lowest BCUT2D eigenvalue weighted by Crippen LogP contribution is -2.40. The fourth-order valence-electron chi connectivity index (χ4n) is 4.01. The molecule has 0 saturated carbocycles. The van der Waals surface area contributed by atoms with Crippen LogP contribution in [0, 0.1) is 5.92 Å². The van der Waals surface area contributed by atoms with Gasteiger partial charge in [0.2, 0.25) is 5.95 Å². The Balaban J connectivity index is 1.66. The van der Waals surface area contributed by atoms with Crippen molar-refractivity contribution < 1.29 is 14.3 Å². The van der Waals surface area contributed by atoms with Crippen LogP contribution >= 0.6 is 0 Å². The van der Waals surface area contributed by atoms with Gasteiger partial charge in [0.05, 0.1) is 23.8 Å². The zero-order valence-corrected chi connectivity index (χ0v) is 16.7. The molecule has 1 aromatic carbocycles. The number of nitrogens with zero attached hydrogens (tertiary/aromatic N) is 3. The van der Waals surface area contributed by atoms with E-state index in [0.717, 1.165) is 43.6 Å². The number of hydrogen-bond acceptors (Lipinski definition) is 7. The molecule has 7 heteroatoms. The van der Waals surface area contributed by atoms with E-state index in [1.54, 1.807) is 0 Å². The number of piperidine rings is 1. The Hall–Kier alpha value is -2.96. The Bertz CT molecular complexity index is 900. The van der Waals surface area contributed by atoms with Gasteiger partial charge in [-0.1, -0.05) is 18.2 Å². The number of hydrogen-bond donors (Lipinski definition) is 1. The van der Waals surface area contributed by atoms with Gasteiger partial charge in [0.1, 0.15) is 5.82 Å². The van der Waals surface area contributed by atoms with Gasteiger partial charge in [0.25, 0.3) is 0 Å². The van der Waals surface area contributed by atoms with Gasteiger partial charge in [0.15, 0.2) is 5.78 Å². The van der Waals surface area contributed by atoms with Crippen LogP contribution in [-0.2, 0) is 16.0 Å². The Labute approximate surface area is 170 Å². The number of anilines is 3. The zero-order valence-electron chi connectivity index (χ0n) is 16.7. The third-order valence-corrected chi connectivity index (χ3v) is 5.43. The van der Waals surface area contributed by atoms with Crippen molar-refractivity contribution in [3.8, 4) is 0 Å². The summed E-state index contributed by atoms with van der Waals surface area (Å²) in [6.07, 6.45) is 3.78. The number of carbonyl (C=O) groups is 2. The standard InChI is InChI=1S/C22H26N4O3/c1-2-29-21(28)15-8-7-13-26(14-15)22-24-17-11-6-12-18(27)19(17)20(25-22)23-16-9-4-3-5-10-16/h3-5,9-10,15H,2,6-8,11-14H2,1H3,(H,23,24,25). The van der Waals surface area contributed by atoms with Crippen molar-refractivity contribution in [3.63, 3.8) is 0 Å². The molecule has 152 valence electrons. The fraction of sp³-hybridized carbons (Fsp3) is 0.455. The normalized spacial score (nSPS) is 18.9. The van der Waals surface area contributed by atoms with E-state index in [1.165, 1.54) is 0 Å². The summed E-state index contributed by atoms with van der Waals surface area (Å²) in [4.78, 5) is 36.3. The SMILES string of the molecule is CCOC(=O)C1CCCN(c2nc3c(c(Nc4ccccc4)n2)C(=O)CCC3)C1. The summed E-state index contributed by atoms with van der Waals surface area (Å²) in [7, 11) is 0. The average Bonchev–Trinajstić information content (AvgIpc) is 2.74. The second kappa shape index (κ2) is 8.59. The number of aromatic nitrogens is 2. The molecule has 1 atom stereocenters. The second-order valence-electron chi connectivity index (χ2n) is 7.50. The average molecular weight is 394 g/mol. The van der Waals surface area contributed by atoms with E-state index in [1.807, 2.05) is 42.2 Å². The van der Waals surface area contributed by atoms with Gasteiger partial charge in [-0.2, -0.15) is 4.98 Å². The van der Waals surface area contributed by atoms with E-state index < -0.39 is 0 Å². The maximum Gasteiger partial charge on any atom is 0.310 e. The lowest BCUT2D eigenvalue weighted by molar-refractivity contribution is -0.148. The first-order valence-corrected chi connectivity index (χ1v) is 10.3. The minimum atomic E-state index is -0.171. The van der Waals surface area contributed by atoms with Crippen molar-refractivity contribution in [2.45, 2.75) is 39.0 Å². The molecule has 29 heavy (non-hydrogen) atoms. The lowest BCUT2D eigenvalue weighted by Gasteiger charge is -2.32. The highest BCUT2D eigenvalue weighted by atomic mass is 16.5. The van der Waals surface area contributed by atoms with Crippen LogP contribution in [0.1, 0.15) is 48.7 Å². The molecule has 0 spiro atoms. The molecule has 4 rings (SSSR count). The van der Waals surface area contributed by atoms with Crippen LogP contribution in [0.4, 0.5) is 17.5 Å². The number of benzene rings is 1. The molecule has 2 aliphatic rings. The van der Waals surface area contributed by atoms with Crippen LogP contribution in [0.25, 0.3) is 0 Å². The van der Waals surface area contributed by atoms with Crippen LogP contribution in [-0.4, -0.2) is 41.4 Å². The summed E-state index contributed by atoms with van der Waals surface area (Å²) in [5.41, 5.74) is 2.27. The first-order chi connectivity index (χ1) is 14.2. The van der Waals surface area contributed by atoms with Crippen LogP contribution in [0.5, 0.6) is 0 Å². The lowest BCUT2D eigenvalue weighted by atomic mass is 9.95. The number of aryl methyl sites for hydroxylation is 1. The molecule has 2 aromatic rings. The number of fused-ring (bicyclic) bond motifs is 1. The molecule has 1 N–H and O–H groups in total. The van der Waals surface area contributed by atoms with Crippen molar-refractivity contribution >= 4 is 29.2 Å². The van der Waals surface area contributed by atoms with Gasteiger partial charge < -0.3 is 15.0 Å². The number of ketones is 1. The summed E-state index contributed by atoms with van der Waals surface area (Å²) < 4.78 is 5.21. The summed E-state index contributed by atoms with van der Waals surface area (Å²) in [6, 6.07) is 9.71. The maximum absolute atomic E-state index is 12.6. The van der Waals surface area contributed by atoms with Crippen LogP contribution in [0.15, 0.2) is 30.3 Å². The minimum absolute atomic E-state index is 0.0827. The molecule has 2 heterocycles. The molecule has 1 saturated heterocycles. The summed E-state index contributed by atoms with van der Waals surface area (Å²) in [6.45, 7) is 3.53. The van der Waals surface area contributed by atoms with Gasteiger partial charge in [-0.3, -0.25) is 9.59 Å². The molecule has 1 fully saturated rings. The van der Waals surface area contributed by atoms with Gasteiger partial charge in [-0.15, -0.1) is 0 Å². The van der Waals surface area contributed by atoms with Gasteiger partial charge in [-0.05, 0) is 44.7 Å². The Morgan fingerprint density at radius 1 is 1.21 bits per heavy atom. The monoisotopic (exact) mass is 394 g/mol. The molecule has 1 unspecified atom stereocenters. The number of rotatable bonds is 5. The number of carbonyl (C=O) groups excluding carboxylic acids is 2.